The quantitative estimate of drug-likeness (QED) is 0.0118. The number of sulfone groups is 2. The fraction of sp³-hybridized carbons (Fsp3) is 0.185. The molecule has 0 bridgehead atoms. The van der Waals surface area contributed by atoms with Gasteiger partial charge in [0.2, 0.25) is 0 Å². The van der Waals surface area contributed by atoms with Crippen LogP contribution in [0.1, 0.15) is 0 Å². The average Bonchev–Trinajstić information content (AvgIpc) is 3.21. The normalized spacial score (nSPS) is 11.6. The largest absolute Gasteiger partial charge is 1.00 e. The van der Waals surface area contributed by atoms with Gasteiger partial charge in [0.05, 0.1) is 81.2 Å². The second kappa shape index (κ2) is 32.3. The Hall–Kier alpha value is 0.480. The minimum absolute atomic E-state index is 0. The summed E-state index contributed by atoms with van der Waals surface area (Å²) in [5.41, 5.74) is 5.71. The van der Waals surface area contributed by atoms with Crippen molar-refractivity contribution < 1.29 is 212 Å². The Balaban J connectivity index is 0.00000930. The first kappa shape index (κ1) is 62.5. The molecule has 0 unspecified atom stereocenters. The van der Waals surface area contributed by atoms with E-state index in [9.17, 15) is 43.0 Å². The first-order chi connectivity index (χ1) is 27.9. The number of hydrogen-bond donors (Lipinski definition) is 2. The molecule has 0 amide bonds. The number of ether oxygens (including phenoxy) is 1. The van der Waals surface area contributed by atoms with Crippen molar-refractivity contribution in [1.82, 2.24) is 0 Å². The molecule has 25 nitrogen and oxygen atoms in total. The zero-order chi connectivity index (χ0) is 42.1. The van der Waals surface area contributed by atoms with Gasteiger partial charge in [-0.1, -0.05) is 0 Å². The molecule has 4 aromatic rings. The van der Waals surface area contributed by atoms with Crippen LogP contribution in [0.5, 0.6) is 11.5 Å². The maximum atomic E-state index is 12.9. The fourth-order valence-electron chi connectivity index (χ4n) is 4.43. The number of methoxy groups -OCH3 is 1. The van der Waals surface area contributed by atoms with Crippen LogP contribution in [-0.4, -0.2) is 53.8 Å². The predicted octanol–water partition coefficient (Wildman–Crippen LogP) is -9.40. The molecule has 4 rings (SSSR count). The minimum Gasteiger partial charge on any atom is -0.691 e. The van der Waals surface area contributed by atoms with Crippen LogP contribution in [0, 0.1) is 0 Å². The first-order valence-electron chi connectivity index (χ1n) is 14.9. The van der Waals surface area contributed by atoms with E-state index in [0.717, 1.165) is 12.1 Å². The Bertz CT molecular complexity index is 2310. The zero-order valence-corrected chi connectivity index (χ0v) is 45.4. The number of aromatic hydroxyl groups is 1. The summed E-state index contributed by atoms with van der Waals surface area (Å²) in [6.07, 6.45) is 0. The van der Waals surface area contributed by atoms with Gasteiger partial charge in [0.25, 0.3) is 0 Å². The summed E-state index contributed by atoms with van der Waals surface area (Å²) in [6.45, 7) is -0.805. The Morgan fingerprint density at radius 2 is 1.13 bits per heavy atom. The summed E-state index contributed by atoms with van der Waals surface area (Å²) in [7, 11) is -6.73. The number of nitrogen functional groups attached to an aromatic ring is 1. The molecule has 3 N–H and O–H groups in total. The molecule has 0 aliphatic carbocycles. The molecule has 0 aromatic heterocycles. The zero-order valence-electron chi connectivity index (χ0n) is 32.5. The van der Waals surface area contributed by atoms with E-state index in [1.165, 1.54) is 49.6 Å². The Labute approximate surface area is 457 Å². The van der Waals surface area contributed by atoms with Gasteiger partial charge in [-0.25, -0.2) is 16.8 Å². The SMILES string of the molecule is COc1ccc(S(=O)(=O)CCOSOO[O-])cc1N=Nc1c(SOO[O-])cc2c(N=Nc3ccc(S(=O)(=O)CCOSOO[O-])cc3SOO[O-])c(N)ccc2c1O.[Na+].[Na+].[Na+].[Na+]. The molecule has 62 heavy (non-hydrogen) atoms. The van der Waals surface area contributed by atoms with Crippen LogP contribution in [0.4, 0.5) is 28.4 Å². The van der Waals surface area contributed by atoms with E-state index in [-0.39, 0.29) is 207 Å². The third kappa shape index (κ3) is 18.5. The summed E-state index contributed by atoms with van der Waals surface area (Å²) in [6, 6.07) is 11.2. The predicted molar refractivity (Wildman–Crippen MR) is 189 cm³/mol. The summed E-state index contributed by atoms with van der Waals surface area (Å²) in [5, 5.41) is 82.3. The number of hydrogen-bond acceptors (Lipinski definition) is 29. The summed E-state index contributed by atoms with van der Waals surface area (Å²) >= 11 is 0.855. The van der Waals surface area contributed by atoms with Gasteiger partial charge in [-0.05, 0) is 54.6 Å². The molecular weight excluding hydrogens is 999 g/mol. The average molecular weight is 1020 g/mol. The number of phenols is 1. The number of nitrogens with two attached hydrogens (primary N) is 1. The topological polar surface area (TPSA) is 358 Å². The van der Waals surface area contributed by atoms with Crippen LogP contribution in [0.15, 0.2) is 94.6 Å². The van der Waals surface area contributed by atoms with Crippen molar-refractivity contribution in [3.63, 3.8) is 0 Å². The van der Waals surface area contributed by atoms with Crippen LogP contribution in [-0.2, 0) is 65.5 Å². The first-order valence-corrected chi connectivity index (χ1v) is 21.0. The van der Waals surface area contributed by atoms with Crippen molar-refractivity contribution in [2.45, 2.75) is 19.6 Å². The second-order valence-corrected chi connectivity index (χ2v) is 16.9. The van der Waals surface area contributed by atoms with E-state index in [1.807, 2.05) is 0 Å². The molecule has 0 atom stereocenters. The van der Waals surface area contributed by atoms with Crippen molar-refractivity contribution in [3.05, 3.63) is 54.6 Å². The molecule has 0 saturated heterocycles. The van der Waals surface area contributed by atoms with E-state index in [0.29, 0.717) is 24.1 Å². The van der Waals surface area contributed by atoms with Gasteiger partial charge in [-0.2, -0.15) is 8.67 Å². The van der Waals surface area contributed by atoms with E-state index in [2.05, 4.69) is 57.9 Å². The van der Waals surface area contributed by atoms with E-state index >= 15 is 0 Å². The number of benzene rings is 4. The molecule has 0 radical (unpaired) electrons. The van der Waals surface area contributed by atoms with Gasteiger partial charge in [0.1, 0.15) is 28.5 Å². The van der Waals surface area contributed by atoms with Crippen LogP contribution < -0.4 is 150 Å². The van der Waals surface area contributed by atoms with Gasteiger partial charge in [0, 0.05) is 10.8 Å². The van der Waals surface area contributed by atoms with Gasteiger partial charge >= 0.3 is 118 Å². The fourth-order valence-corrected chi connectivity index (χ4v) is 8.32. The monoisotopic (exact) mass is 1020 g/mol. The number of phenolic OH excluding ortho intramolecular Hbond substituents is 1. The third-order valence-electron chi connectivity index (χ3n) is 6.93. The number of rotatable bonds is 25. The van der Waals surface area contributed by atoms with Crippen LogP contribution in [0.2, 0.25) is 0 Å². The van der Waals surface area contributed by atoms with Crippen molar-refractivity contribution >= 4 is 108 Å². The molecular formula is C27H23N5Na4O20S6. The minimum atomic E-state index is -4.02. The molecule has 0 aliphatic rings. The smallest absolute Gasteiger partial charge is 0.691 e. The van der Waals surface area contributed by atoms with E-state index in [4.69, 9.17) is 18.8 Å². The molecule has 0 heterocycles. The summed E-state index contributed by atoms with van der Waals surface area (Å²) in [4.78, 5) is -0.655. The third-order valence-corrected chi connectivity index (χ3v) is 12.3. The van der Waals surface area contributed by atoms with E-state index < -0.39 is 50.1 Å². The van der Waals surface area contributed by atoms with Gasteiger partial charge in [0.15, 0.2) is 50.1 Å². The van der Waals surface area contributed by atoms with Crippen molar-refractivity contribution in [2.75, 3.05) is 37.6 Å². The van der Waals surface area contributed by atoms with Gasteiger partial charge in [-0.3, -0.25) is 28.5 Å². The van der Waals surface area contributed by atoms with Gasteiger partial charge < -0.3 is 36.6 Å². The van der Waals surface area contributed by atoms with Crippen molar-refractivity contribution in [2.24, 2.45) is 20.5 Å². The van der Waals surface area contributed by atoms with Crippen molar-refractivity contribution in [3.8, 4) is 11.5 Å². The van der Waals surface area contributed by atoms with Gasteiger partial charge in [-0.15, -0.1) is 29.1 Å². The molecule has 0 fully saturated rings. The molecule has 0 aliphatic heterocycles. The molecule has 4 aromatic carbocycles. The number of fused-ring (bicyclic) bond motifs is 1. The number of nitrogens with zero attached hydrogens (tertiary/aromatic N) is 4. The molecule has 316 valence electrons. The van der Waals surface area contributed by atoms with Crippen LogP contribution in [0.3, 0.4) is 0 Å². The maximum absolute atomic E-state index is 12.9. The van der Waals surface area contributed by atoms with Crippen molar-refractivity contribution in [1.29, 1.82) is 0 Å². The maximum Gasteiger partial charge on any atom is 1.00 e. The van der Waals surface area contributed by atoms with E-state index in [1.54, 1.807) is 0 Å². The molecule has 35 heteroatoms. The second-order valence-electron chi connectivity index (χ2n) is 10.2. The summed E-state index contributed by atoms with van der Waals surface area (Å²) in [5.74, 6) is -1.60. The number of azo groups is 2. The standard InChI is InChI=1S/C27H27N5O20S6.4Na/c1-42-22-7-3-15(57(38,39)10-8-43-55-51-47-36)12-21(22)30-32-26-24(54-50-46-35)14-18-17(27(26)33)4-5-19(28)25(18)31-29-20-6-2-16(13-23(20)53-49-45-34)58(40,41)11-9-44-56-52-48-37;;;;/h2-7,12-14,33-37H,8-11,28H2,1H3;;;;/q;4*+1/p-4. The Kier molecular flexibility index (Phi) is 32.5. The number of anilines is 1. The molecule has 0 spiro atoms. The summed E-state index contributed by atoms with van der Waals surface area (Å²) < 4.78 is 83.0. The Morgan fingerprint density at radius 3 is 1.69 bits per heavy atom. The van der Waals surface area contributed by atoms with Crippen LogP contribution in [0.25, 0.3) is 10.8 Å². The molecule has 0 saturated carbocycles. The Morgan fingerprint density at radius 1 is 0.613 bits per heavy atom. The van der Waals surface area contributed by atoms with Crippen LogP contribution >= 0.6 is 48.7 Å².